The smallest absolute Gasteiger partial charge is 0.264 e. The zero-order chi connectivity index (χ0) is 24.6. The topological polar surface area (TPSA) is 105 Å². The molecule has 2 N–H and O–H groups in total. The van der Waals surface area contributed by atoms with Crippen LogP contribution in [0.5, 0.6) is 5.75 Å². The standard InChI is InChI=1S/C25H25N3O5S/c1-3-16-26-25(30)22-14-7-8-15-23(22)27-24(29)18-28(19-10-9-11-20(17-19)33-2)34(31,32)21-12-5-4-6-13-21/h3-15,17H,1,16,18H2,2H3,(H,26,30)(H,27,29). The molecule has 9 heteroatoms. The van der Waals surface area contributed by atoms with Crippen molar-refractivity contribution in [3.05, 3.63) is 97.1 Å². The van der Waals surface area contributed by atoms with Crippen LogP contribution in [-0.4, -0.2) is 40.4 Å². The van der Waals surface area contributed by atoms with Crippen molar-refractivity contribution in [1.82, 2.24) is 5.32 Å². The van der Waals surface area contributed by atoms with Gasteiger partial charge in [0.1, 0.15) is 12.3 Å². The molecule has 0 saturated carbocycles. The van der Waals surface area contributed by atoms with Gasteiger partial charge in [-0.15, -0.1) is 6.58 Å². The molecule has 0 aliphatic rings. The van der Waals surface area contributed by atoms with Crippen LogP contribution in [0.3, 0.4) is 0 Å². The Bertz CT molecular complexity index is 1280. The van der Waals surface area contributed by atoms with Gasteiger partial charge in [0.05, 0.1) is 28.9 Å². The molecule has 34 heavy (non-hydrogen) atoms. The number of nitrogens with one attached hydrogen (secondary N) is 2. The van der Waals surface area contributed by atoms with Crippen molar-refractivity contribution in [2.75, 3.05) is 29.8 Å². The molecule has 0 aromatic heterocycles. The number of hydrogen-bond donors (Lipinski definition) is 2. The Balaban J connectivity index is 1.93. The first kappa shape index (κ1) is 24.5. The third-order valence-electron chi connectivity index (χ3n) is 4.81. The Hall–Kier alpha value is -4.11. The second-order valence-corrected chi connectivity index (χ2v) is 8.98. The normalized spacial score (nSPS) is 10.7. The number of ether oxygens (including phenoxy) is 1. The molecular weight excluding hydrogens is 454 g/mol. The summed E-state index contributed by atoms with van der Waals surface area (Å²) in [4.78, 5) is 25.5. The van der Waals surface area contributed by atoms with Crippen molar-refractivity contribution in [2.45, 2.75) is 4.90 Å². The van der Waals surface area contributed by atoms with E-state index in [2.05, 4.69) is 17.2 Å². The molecule has 0 fully saturated rings. The number of nitrogens with zero attached hydrogens (tertiary/aromatic N) is 1. The zero-order valence-electron chi connectivity index (χ0n) is 18.6. The number of hydrogen-bond acceptors (Lipinski definition) is 5. The van der Waals surface area contributed by atoms with Gasteiger partial charge in [-0.25, -0.2) is 8.42 Å². The summed E-state index contributed by atoms with van der Waals surface area (Å²) in [5.74, 6) is -0.570. The predicted octanol–water partition coefficient (Wildman–Crippen LogP) is 3.45. The first-order valence-corrected chi connectivity index (χ1v) is 11.8. The maximum Gasteiger partial charge on any atom is 0.264 e. The molecule has 3 rings (SSSR count). The molecule has 0 unspecified atom stereocenters. The lowest BCUT2D eigenvalue weighted by Gasteiger charge is -2.24. The summed E-state index contributed by atoms with van der Waals surface area (Å²) in [6.45, 7) is 3.31. The maximum absolute atomic E-state index is 13.4. The second kappa shape index (κ2) is 11.2. The average Bonchev–Trinajstić information content (AvgIpc) is 2.86. The molecule has 0 spiro atoms. The quantitative estimate of drug-likeness (QED) is 0.434. The van der Waals surface area contributed by atoms with Crippen molar-refractivity contribution in [3.63, 3.8) is 0 Å². The SMILES string of the molecule is C=CCNC(=O)c1ccccc1NC(=O)CN(c1cccc(OC)c1)S(=O)(=O)c1ccccc1. The summed E-state index contributed by atoms with van der Waals surface area (Å²) in [7, 11) is -2.61. The number of rotatable bonds is 10. The molecule has 176 valence electrons. The van der Waals surface area contributed by atoms with E-state index in [0.717, 1.165) is 4.31 Å². The molecular formula is C25H25N3O5S. The Morgan fingerprint density at radius 3 is 2.41 bits per heavy atom. The molecule has 0 heterocycles. The van der Waals surface area contributed by atoms with Crippen LogP contribution in [0.15, 0.2) is 96.4 Å². The molecule has 0 aliphatic heterocycles. The Morgan fingerprint density at radius 2 is 1.71 bits per heavy atom. The number of methoxy groups -OCH3 is 1. The molecule has 8 nitrogen and oxygen atoms in total. The number of anilines is 2. The summed E-state index contributed by atoms with van der Waals surface area (Å²) >= 11 is 0. The Morgan fingerprint density at radius 1 is 1.00 bits per heavy atom. The molecule has 0 saturated heterocycles. The molecule has 2 amide bonds. The van der Waals surface area contributed by atoms with Crippen LogP contribution in [0.4, 0.5) is 11.4 Å². The number of para-hydroxylation sites is 1. The third-order valence-corrected chi connectivity index (χ3v) is 6.60. The summed E-state index contributed by atoms with van der Waals surface area (Å²) in [6, 6.07) is 20.7. The van der Waals surface area contributed by atoms with E-state index < -0.39 is 28.4 Å². The van der Waals surface area contributed by atoms with Gasteiger partial charge in [0.15, 0.2) is 0 Å². The van der Waals surface area contributed by atoms with Crippen LogP contribution >= 0.6 is 0 Å². The van der Waals surface area contributed by atoms with Crippen LogP contribution in [0.2, 0.25) is 0 Å². The van der Waals surface area contributed by atoms with Gasteiger partial charge in [0, 0.05) is 12.6 Å². The number of amides is 2. The minimum absolute atomic E-state index is 0.0369. The number of carbonyl (C=O) groups excluding carboxylic acids is 2. The molecule has 3 aromatic carbocycles. The van der Waals surface area contributed by atoms with Gasteiger partial charge in [-0.05, 0) is 36.4 Å². The van der Waals surface area contributed by atoms with E-state index in [1.165, 1.54) is 25.3 Å². The first-order chi connectivity index (χ1) is 16.4. The number of benzene rings is 3. The highest BCUT2D eigenvalue weighted by Crippen LogP contribution is 2.27. The van der Waals surface area contributed by atoms with Crippen molar-refractivity contribution in [1.29, 1.82) is 0 Å². The molecule has 0 aliphatic carbocycles. The molecule has 0 atom stereocenters. The van der Waals surface area contributed by atoms with Crippen molar-refractivity contribution in [2.24, 2.45) is 0 Å². The highest BCUT2D eigenvalue weighted by Gasteiger charge is 2.28. The fourth-order valence-electron chi connectivity index (χ4n) is 3.17. The minimum Gasteiger partial charge on any atom is -0.497 e. The van der Waals surface area contributed by atoms with E-state index in [9.17, 15) is 18.0 Å². The van der Waals surface area contributed by atoms with Crippen LogP contribution in [0.1, 0.15) is 10.4 Å². The highest BCUT2D eigenvalue weighted by molar-refractivity contribution is 7.92. The summed E-state index contributed by atoms with van der Waals surface area (Å²) in [6.07, 6.45) is 1.54. The maximum atomic E-state index is 13.4. The van der Waals surface area contributed by atoms with E-state index in [1.807, 2.05) is 0 Å². The van der Waals surface area contributed by atoms with Gasteiger partial charge < -0.3 is 15.4 Å². The number of carbonyl (C=O) groups is 2. The molecule has 0 radical (unpaired) electrons. The Kier molecular flexibility index (Phi) is 8.05. The minimum atomic E-state index is -4.08. The third kappa shape index (κ3) is 5.81. The van der Waals surface area contributed by atoms with Crippen molar-refractivity contribution >= 4 is 33.2 Å². The van der Waals surface area contributed by atoms with Crippen LogP contribution in [0, 0.1) is 0 Å². The van der Waals surface area contributed by atoms with Gasteiger partial charge in [0.2, 0.25) is 5.91 Å². The first-order valence-electron chi connectivity index (χ1n) is 10.4. The monoisotopic (exact) mass is 479 g/mol. The lowest BCUT2D eigenvalue weighted by Crippen LogP contribution is -2.38. The van der Waals surface area contributed by atoms with Gasteiger partial charge in [-0.2, -0.15) is 0 Å². The lowest BCUT2D eigenvalue weighted by atomic mass is 10.1. The van der Waals surface area contributed by atoms with Crippen LogP contribution in [0.25, 0.3) is 0 Å². The zero-order valence-corrected chi connectivity index (χ0v) is 19.4. The summed E-state index contributed by atoms with van der Waals surface area (Å²) in [5.41, 5.74) is 0.767. The van der Waals surface area contributed by atoms with E-state index in [1.54, 1.807) is 66.7 Å². The van der Waals surface area contributed by atoms with Crippen molar-refractivity contribution in [3.8, 4) is 5.75 Å². The molecule has 0 bridgehead atoms. The van der Waals surface area contributed by atoms with E-state index in [-0.39, 0.29) is 28.4 Å². The van der Waals surface area contributed by atoms with E-state index in [4.69, 9.17) is 4.74 Å². The fraction of sp³-hybridized carbons (Fsp3) is 0.120. The van der Waals surface area contributed by atoms with Gasteiger partial charge in [-0.1, -0.05) is 42.5 Å². The van der Waals surface area contributed by atoms with Gasteiger partial charge in [0.25, 0.3) is 15.9 Å². The average molecular weight is 480 g/mol. The van der Waals surface area contributed by atoms with Gasteiger partial charge >= 0.3 is 0 Å². The van der Waals surface area contributed by atoms with Crippen LogP contribution < -0.4 is 19.7 Å². The largest absolute Gasteiger partial charge is 0.497 e. The van der Waals surface area contributed by atoms with E-state index >= 15 is 0 Å². The second-order valence-electron chi connectivity index (χ2n) is 7.12. The van der Waals surface area contributed by atoms with Crippen molar-refractivity contribution < 1.29 is 22.7 Å². The summed E-state index contributed by atoms with van der Waals surface area (Å²) < 4.78 is 33.1. The lowest BCUT2D eigenvalue weighted by molar-refractivity contribution is -0.114. The summed E-state index contributed by atoms with van der Waals surface area (Å²) in [5, 5.41) is 5.32. The predicted molar refractivity (Wildman–Crippen MR) is 132 cm³/mol. The van der Waals surface area contributed by atoms with Crippen LogP contribution in [-0.2, 0) is 14.8 Å². The fourth-order valence-corrected chi connectivity index (χ4v) is 4.60. The highest BCUT2D eigenvalue weighted by atomic mass is 32.2. The number of sulfonamides is 1. The Labute approximate surface area is 198 Å². The van der Waals surface area contributed by atoms with Gasteiger partial charge in [-0.3, -0.25) is 13.9 Å². The molecule has 3 aromatic rings. The van der Waals surface area contributed by atoms with E-state index in [0.29, 0.717) is 5.75 Å².